The molecule has 39 heavy (non-hydrogen) atoms. The molecule has 0 aromatic heterocycles. The first kappa shape index (κ1) is 27.6. The van der Waals surface area contributed by atoms with Gasteiger partial charge < -0.3 is 9.47 Å². The van der Waals surface area contributed by atoms with Gasteiger partial charge >= 0.3 is 0 Å². The van der Waals surface area contributed by atoms with E-state index >= 15 is 0 Å². The van der Waals surface area contributed by atoms with E-state index in [4.69, 9.17) is 9.47 Å². The maximum absolute atomic E-state index is 13.6. The van der Waals surface area contributed by atoms with Crippen LogP contribution in [0.4, 0.5) is 0 Å². The Hall–Kier alpha value is -4.47. The highest BCUT2D eigenvalue weighted by Crippen LogP contribution is 2.25. The van der Waals surface area contributed by atoms with E-state index in [1.807, 2.05) is 78.9 Å². The van der Waals surface area contributed by atoms with Gasteiger partial charge in [-0.05, 0) is 66.1 Å². The Morgan fingerprint density at radius 3 is 2.28 bits per heavy atom. The number of nitrogens with one attached hydrogen (secondary N) is 1. The van der Waals surface area contributed by atoms with Gasteiger partial charge in [0.1, 0.15) is 17.2 Å². The summed E-state index contributed by atoms with van der Waals surface area (Å²) in [4.78, 5) is 12.9. The normalized spacial score (nSPS) is 11.5. The van der Waals surface area contributed by atoms with Crippen LogP contribution < -0.4 is 14.9 Å². The van der Waals surface area contributed by atoms with Crippen LogP contribution in [0.15, 0.2) is 113 Å². The second-order valence-electron chi connectivity index (χ2n) is 8.67. The molecule has 0 unspecified atom stereocenters. The number of hydrogen-bond acceptors (Lipinski definition) is 6. The number of amides is 1. The van der Waals surface area contributed by atoms with Crippen molar-refractivity contribution in [2.75, 3.05) is 13.7 Å². The number of hydrogen-bond donors (Lipinski definition) is 1. The standard InChI is InChI=1S/C30H29N3O5S/c1-23-18-28(16-17-29(23)37-2)39(35,36)33(21-24-10-5-3-6-11-24)22-30(34)32-31-20-25-12-9-15-27(19-25)38-26-13-7-4-8-14-26/h3-20H,21-22H2,1-2H3,(H,32,34)/b31-20+. The monoisotopic (exact) mass is 543 g/mol. The molecule has 8 nitrogen and oxygen atoms in total. The summed E-state index contributed by atoms with van der Waals surface area (Å²) in [5, 5.41) is 4.02. The van der Waals surface area contributed by atoms with Gasteiger partial charge in [0, 0.05) is 6.54 Å². The van der Waals surface area contributed by atoms with Crippen LogP contribution in [0.1, 0.15) is 16.7 Å². The Balaban J connectivity index is 1.47. The molecule has 0 fully saturated rings. The molecule has 0 aliphatic carbocycles. The Morgan fingerprint density at radius 2 is 1.59 bits per heavy atom. The zero-order valence-corrected chi connectivity index (χ0v) is 22.5. The van der Waals surface area contributed by atoms with Crippen LogP contribution >= 0.6 is 0 Å². The van der Waals surface area contributed by atoms with E-state index in [1.54, 1.807) is 19.1 Å². The molecule has 0 aliphatic rings. The number of methoxy groups -OCH3 is 1. The highest BCUT2D eigenvalue weighted by Gasteiger charge is 2.27. The van der Waals surface area contributed by atoms with Crippen LogP contribution in [0.25, 0.3) is 0 Å². The summed E-state index contributed by atoms with van der Waals surface area (Å²) in [6, 6.07) is 30.3. The van der Waals surface area contributed by atoms with Gasteiger partial charge in [-0.1, -0.05) is 60.7 Å². The Morgan fingerprint density at radius 1 is 0.897 bits per heavy atom. The van der Waals surface area contributed by atoms with Crippen LogP contribution in [-0.2, 0) is 21.4 Å². The van der Waals surface area contributed by atoms with Crippen molar-refractivity contribution in [3.05, 3.63) is 120 Å². The number of ether oxygens (including phenoxy) is 2. The summed E-state index contributed by atoms with van der Waals surface area (Å²) in [6.45, 7) is 1.36. The first-order valence-electron chi connectivity index (χ1n) is 12.2. The molecule has 0 heterocycles. The van der Waals surface area contributed by atoms with Gasteiger partial charge in [-0.2, -0.15) is 9.41 Å². The highest BCUT2D eigenvalue weighted by molar-refractivity contribution is 7.89. The summed E-state index contributed by atoms with van der Waals surface area (Å²) < 4.78 is 39.3. The zero-order valence-electron chi connectivity index (χ0n) is 21.7. The van der Waals surface area contributed by atoms with Gasteiger partial charge in [-0.25, -0.2) is 13.8 Å². The SMILES string of the molecule is COc1ccc(S(=O)(=O)N(CC(=O)N/N=C/c2cccc(Oc3ccccc3)c2)Cc2ccccc2)cc1C. The van der Waals surface area contributed by atoms with Gasteiger partial charge in [-0.3, -0.25) is 4.79 Å². The van der Waals surface area contributed by atoms with Crippen molar-refractivity contribution in [1.82, 2.24) is 9.73 Å². The van der Waals surface area contributed by atoms with Crippen LogP contribution in [0.2, 0.25) is 0 Å². The van der Waals surface area contributed by atoms with E-state index < -0.39 is 22.5 Å². The number of hydrazone groups is 1. The highest BCUT2D eigenvalue weighted by atomic mass is 32.2. The van der Waals surface area contributed by atoms with Crippen molar-refractivity contribution >= 4 is 22.1 Å². The third-order valence-electron chi connectivity index (χ3n) is 5.77. The van der Waals surface area contributed by atoms with Gasteiger partial charge in [0.05, 0.1) is 24.8 Å². The second-order valence-corrected chi connectivity index (χ2v) is 10.6. The van der Waals surface area contributed by atoms with Gasteiger partial charge in [0.15, 0.2) is 0 Å². The third-order valence-corrected chi connectivity index (χ3v) is 7.55. The summed E-state index contributed by atoms with van der Waals surface area (Å²) in [5.41, 5.74) is 4.55. The Bertz CT molecular complexity index is 1540. The number of carbonyl (C=O) groups is 1. The van der Waals surface area contributed by atoms with E-state index in [1.165, 1.54) is 25.5 Å². The van der Waals surface area contributed by atoms with E-state index in [0.717, 1.165) is 9.87 Å². The van der Waals surface area contributed by atoms with Gasteiger partial charge in [0.25, 0.3) is 5.91 Å². The lowest BCUT2D eigenvalue weighted by Gasteiger charge is -2.22. The molecule has 0 atom stereocenters. The van der Waals surface area contributed by atoms with E-state index in [-0.39, 0.29) is 11.4 Å². The van der Waals surface area contributed by atoms with Crippen LogP contribution in [0.5, 0.6) is 17.2 Å². The van der Waals surface area contributed by atoms with E-state index in [2.05, 4.69) is 10.5 Å². The zero-order chi connectivity index (χ0) is 27.7. The van der Waals surface area contributed by atoms with Gasteiger partial charge in [0.2, 0.25) is 10.0 Å². The maximum Gasteiger partial charge on any atom is 0.255 e. The number of aryl methyl sites for hydroxylation is 1. The summed E-state index contributed by atoms with van der Waals surface area (Å²) in [5.74, 6) is 1.32. The maximum atomic E-state index is 13.6. The fourth-order valence-corrected chi connectivity index (χ4v) is 5.30. The lowest BCUT2D eigenvalue weighted by Crippen LogP contribution is -2.39. The molecule has 0 aliphatic heterocycles. The molecule has 1 N–H and O–H groups in total. The van der Waals surface area contributed by atoms with Crippen LogP contribution in [-0.4, -0.2) is 38.5 Å². The summed E-state index contributed by atoms with van der Waals surface area (Å²) in [6.07, 6.45) is 1.47. The molecule has 4 aromatic rings. The quantitative estimate of drug-likeness (QED) is 0.209. The third kappa shape index (κ3) is 7.53. The fourth-order valence-electron chi connectivity index (χ4n) is 3.83. The minimum atomic E-state index is -4.01. The average molecular weight is 544 g/mol. The van der Waals surface area contributed by atoms with Crippen molar-refractivity contribution in [3.63, 3.8) is 0 Å². The smallest absolute Gasteiger partial charge is 0.255 e. The lowest BCUT2D eigenvalue weighted by molar-refractivity contribution is -0.121. The molecule has 0 radical (unpaired) electrons. The first-order valence-corrected chi connectivity index (χ1v) is 13.6. The average Bonchev–Trinajstić information content (AvgIpc) is 2.94. The minimum Gasteiger partial charge on any atom is -0.496 e. The molecule has 4 rings (SSSR count). The molecule has 1 amide bonds. The predicted octanol–water partition coefficient (Wildman–Crippen LogP) is 5.14. The van der Waals surface area contributed by atoms with Crippen molar-refractivity contribution in [1.29, 1.82) is 0 Å². The van der Waals surface area contributed by atoms with Crippen molar-refractivity contribution < 1.29 is 22.7 Å². The number of rotatable bonds is 11. The Kier molecular flexibility index (Phi) is 9.09. The number of para-hydroxylation sites is 1. The largest absolute Gasteiger partial charge is 0.496 e. The molecule has 4 aromatic carbocycles. The summed E-state index contributed by atoms with van der Waals surface area (Å²) >= 11 is 0. The topological polar surface area (TPSA) is 97.3 Å². The molecule has 200 valence electrons. The van der Waals surface area contributed by atoms with E-state index in [0.29, 0.717) is 28.4 Å². The summed E-state index contributed by atoms with van der Waals surface area (Å²) in [7, 11) is -2.48. The number of carbonyl (C=O) groups excluding carboxylic acids is 1. The van der Waals surface area contributed by atoms with Crippen molar-refractivity contribution in [3.8, 4) is 17.2 Å². The first-order chi connectivity index (χ1) is 18.8. The predicted molar refractivity (Wildman–Crippen MR) is 150 cm³/mol. The molecular weight excluding hydrogens is 514 g/mol. The van der Waals surface area contributed by atoms with Crippen LogP contribution in [0.3, 0.4) is 0 Å². The second kappa shape index (κ2) is 12.9. The number of benzene rings is 4. The molecule has 0 spiro atoms. The van der Waals surface area contributed by atoms with Gasteiger partial charge in [-0.15, -0.1) is 0 Å². The minimum absolute atomic E-state index is 0.0181. The molecule has 0 saturated carbocycles. The number of nitrogens with zero attached hydrogens (tertiary/aromatic N) is 2. The molecular formula is C30H29N3O5S. The molecule has 9 heteroatoms. The van der Waals surface area contributed by atoms with E-state index in [9.17, 15) is 13.2 Å². The molecule has 0 saturated heterocycles. The fraction of sp³-hybridized carbons (Fsp3) is 0.133. The lowest BCUT2D eigenvalue weighted by atomic mass is 10.2. The van der Waals surface area contributed by atoms with Crippen LogP contribution in [0, 0.1) is 6.92 Å². The molecule has 0 bridgehead atoms. The Labute approximate surface area is 228 Å². The van der Waals surface area contributed by atoms with Crippen molar-refractivity contribution in [2.45, 2.75) is 18.4 Å². The number of sulfonamides is 1. The van der Waals surface area contributed by atoms with Crippen molar-refractivity contribution in [2.24, 2.45) is 5.10 Å².